The van der Waals surface area contributed by atoms with Crippen LogP contribution in [0.4, 0.5) is 0 Å². The lowest BCUT2D eigenvalue weighted by Crippen LogP contribution is -1.79. The van der Waals surface area contributed by atoms with Gasteiger partial charge >= 0.3 is 0 Å². The molecule has 0 bridgehead atoms. The molecular weight excluding hydrogens is 180 g/mol. The van der Waals surface area contributed by atoms with Crippen LogP contribution in [0.5, 0.6) is 0 Å². The van der Waals surface area contributed by atoms with Gasteiger partial charge < -0.3 is 0 Å². The van der Waals surface area contributed by atoms with Crippen LogP contribution in [0, 0.1) is 0 Å². The lowest BCUT2D eigenvalue weighted by molar-refractivity contribution is 0.112. The molecule has 64 valence electrons. The highest BCUT2D eigenvalue weighted by Gasteiger charge is 1.98. The fraction of sp³-hybridized carbons (Fsp3) is 0. The van der Waals surface area contributed by atoms with E-state index in [0.29, 0.717) is 0 Å². The zero-order chi connectivity index (χ0) is 9.10. The maximum absolute atomic E-state index is 10.5. The van der Waals surface area contributed by atoms with Gasteiger partial charge in [0.25, 0.3) is 0 Å². The molecule has 0 saturated carbocycles. The number of carbonyl (C=O) groups is 1. The highest BCUT2D eigenvalue weighted by Crippen LogP contribution is 2.24. The molecule has 13 heavy (non-hydrogen) atoms. The van der Waals surface area contributed by atoms with Crippen LogP contribution in [0.2, 0.25) is 0 Å². The summed E-state index contributed by atoms with van der Waals surface area (Å²) >= 11 is 1.68. The number of aldehydes is 1. The predicted octanol–water partition coefficient (Wildman–Crippen LogP) is 3.23. The molecule has 0 N–H and O–H groups in total. The van der Waals surface area contributed by atoms with Crippen LogP contribution in [0.25, 0.3) is 10.4 Å². The SMILES string of the molecule is O=Cc1cccc(-c2cccs2)c1. The minimum Gasteiger partial charge on any atom is -0.298 e. The van der Waals surface area contributed by atoms with Gasteiger partial charge in [-0.1, -0.05) is 24.3 Å². The number of carbonyl (C=O) groups excluding carboxylic acids is 1. The lowest BCUT2D eigenvalue weighted by Gasteiger charge is -1.96. The van der Waals surface area contributed by atoms with Crippen LogP contribution >= 0.6 is 11.3 Å². The summed E-state index contributed by atoms with van der Waals surface area (Å²) in [5, 5.41) is 2.03. The third-order valence-electron chi connectivity index (χ3n) is 1.83. The molecule has 2 rings (SSSR count). The smallest absolute Gasteiger partial charge is 0.150 e. The summed E-state index contributed by atoms with van der Waals surface area (Å²) in [6.45, 7) is 0. The molecule has 1 aromatic heterocycles. The molecule has 2 heteroatoms. The first-order valence-electron chi connectivity index (χ1n) is 3.99. The van der Waals surface area contributed by atoms with Gasteiger partial charge in [0.2, 0.25) is 0 Å². The fourth-order valence-corrected chi connectivity index (χ4v) is 1.93. The third kappa shape index (κ3) is 1.68. The molecule has 0 radical (unpaired) electrons. The zero-order valence-electron chi connectivity index (χ0n) is 6.94. The van der Waals surface area contributed by atoms with Gasteiger partial charge in [-0.25, -0.2) is 0 Å². The highest BCUT2D eigenvalue weighted by atomic mass is 32.1. The van der Waals surface area contributed by atoms with Crippen LogP contribution < -0.4 is 0 Å². The van der Waals surface area contributed by atoms with Crippen molar-refractivity contribution in [3.05, 3.63) is 47.3 Å². The van der Waals surface area contributed by atoms with Crippen molar-refractivity contribution in [2.45, 2.75) is 0 Å². The van der Waals surface area contributed by atoms with E-state index in [1.165, 1.54) is 4.88 Å². The van der Waals surface area contributed by atoms with Crippen LogP contribution in [-0.4, -0.2) is 6.29 Å². The molecule has 0 saturated heterocycles. The summed E-state index contributed by atoms with van der Waals surface area (Å²) in [7, 11) is 0. The molecule has 2 aromatic rings. The van der Waals surface area contributed by atoms with Crippen LogP contribution in [0.1, 0.15) is 10.4 Å². The predicted molar refractivity (Wildman–Crippen MR) is 55.1 cm³/mol. The van der Waals surface area contributed by atoms with Gasteiger partial charge in [-0.2, -0.15) is 0 Å². The van der Waals surface area contributed by atoms with Crippen molar-refractivity contribution in [1.82, 2.24) is 0 Å². The average molecular weight is 188 g/mol. The average Bonchev–Trinajstić information content (AvgIpc) is 2.71. The van der Waals surface area contributed by atoms with E-state index in [1.54, 1.807) is 11.3 Å². The molecule has 1 heterocycles. The van der Waals surface area contributed by atoms with Gasteiger partial charge in [0, 0.05) is 10.4 Å². The molecule has 0 unspecified atom stereocenters. The second kappa shape index (κ2) is 3.54. The maximum Gasteiger partial charge on any atom is 0.150 e. The van der Waals surface area contributed by atoms with E-state index >= 15 is 0 Å². The third-order valence-corrected chi connectivity index (χ3v) is 2.75. The molecule has 1 nitrogen and oxygen atoms in total. The first kappa shape index (κ1) is 8.20. The molecule has 0 atom stereocenters. The first-order valence-corrected chi connectivity index (χ1v) is 4.87. The van der Waals surface area contributed by atoms with Crippen molar-refractivity contribution in [2.24, 2.45) is 0 Å². The van der Waals surface area contributed by atoms with Crippen molar-refractivity contribution in [1.29, 1.82) is 0 Å². The fourth-order valence-electron chi connectivity index (χ4n) is 1.21. The summed E-state index contributed by atoms with van der Waals surface area (Å²) in [6.07, 6.45) is 0.872. The second-order valence-electron chi connectivity index (χ2n) is 2.72. The molecule has 1 aromatic carbocycles. The van der Waals surface area contributed by atoms with Crippen molar-refractivity contribution >= 4 is 17.6 Å². The Morgan fingerprint density at radius 3 is 2.77 bits per heavy atom. The topological polar surface area (TPSA) is 17.1 Å². The number of thiophene rings is 1. The monoisotopic (exact) mass is 188 g/mol. The van der Waals surface area contributed by atoms with Crippen molar-refractivity contribution in [2.75, 3.05) is 0 Å². The lowest BCUT2D eigenvalue weighted by atomic mass is 10.1. The van der Waals surface area contributed by atoms with Crippen molar-refractivity contribution < 1.29 is 4.79 Å². The highest BCUT2D eigenvalue weighted by molar-refractivity contribution is 7.13. The molecular formula is C11H8OS. The van der Waals surface area contributed by atoms with E-state index in [0.717, 1.165) is 17.4 Å². The Morgan fingerprint density at radius 1 is 1.15 bits per heavy atom. The van der Waals surface area contributed by atoms with Gasteiger partial charge in [-0.3, -0.25) is 4.79 Å². The van der Waals surface area contributed by atoms with Crippen molar-refractivity contribution in [3.8, 4) is 10.4 Å². The Labute approximate surface area is 80.7 Å². The van der Waals surface area contributed by atoms with Crippen LogP contribution in [0.15, 0.2) is 41.8 Å². The second-order valence-corrected chi connectivity index (χ2v) is 3.67. The molecule has 0 aliphatic heterocycles. The number of rotatable bonds is 2. The Morgan fingerprint density at radius 2 is 2.08 bits per heavy atom. The van der Waals surface area contributed by atoms with Gasteiger partial charge in [-0.05, 0) is 23.1 Å². The van der Waals surface area contributed by atoms with E-state index in [9.17, 15) is 4.79 Å². The summed E-state index contributed by atoms with van der Waals surface area (Å²) in [6, 6.07) is 11.7. The largest absolute Gasteiger partial charge is 0.298 e. The molecule has 0 aliphatic carbocycles. The Balaban J connectivity index is 2.47. The summed E-state index contributed by atoms with van der Waals surface area (Å²) < 4.78 is 0. The van der Waals surface area contributed by atoms with E-state index < -0.39 is 0 Å². The minimum absolute atomic E-state index is 0.728. The number of hydrogen-bond acceptors (Lipinski definition) is 2. The number of benzene rings is 1. The molecule has 0 fully saturated rings. The van der Waals surface area contributed by atoms with Gasteiger partial charge in [0.15, 0.2) is 0 Å². The van der Waals surface area contributed by atoms with E-state index in [2.05, 4.69) is 6.07 Å². The first-order chi connectivity index (χ1) is 6.40. The quantitative estimate of drug-likeness (QED) is 0.661. The molecule has 0 spiro atoms. The van der Waals surface area contributed by atoms with Crippen LogP contribution in [0.3, 0.4) is 0 Å². The van der Waals surface area contributed by atoms with Crippen LogP contribution in [-0.2, 0) is 0 Å². The number of hydrogen-bond donors (Lipinski definition) is 0. The maximum atomic E-state index is 10.5. The summed E-state index contributed by atoms with van der Waals surface area (Å²) in [4.78, 5) is 11.7. The van der Waals surface area contributed by atoms with E-state index in [4.69, 9.17) is 0 Å². The molecule has 0 amide bonds. The van der Waals surface area contributed by atoms with Gasteiger partial charge in [0.05, 0.1) is 0 Å². The summed E-state index contributed by atoms with van der Waals surface area (Å²) in [5.41, 5.74) is 1.84. The van der Waals surface area contributed by atoms with E-state index in [-0.39, 0.29) is 0 Å². The van der Waals surface area contributed by atoms with Gasteiger partial charge in [0.1, 0.15) is 6.29 Å². The minimum atomic E-state index is 0.728. The normalized spacial score (nSPS) is 9.85. The van der Waals surface area contributed by atoms with Gasteiger partial charge in [-0.15, -0.1) is 11.3 Å². The Hall–Kier alpha value is -1.41. The zero-order valence-corrected chi connectivity index (χ0v) is 7.75. The van der Waals surface area contributed by atoms with E-state index in [1.807, 2.05) is 35.7 Å². The van der Waals surface area contributed by atoms with Crippen molar-refractivity contribution in [3.63, 3.8) is 0 Å². The Bertz CT molecular complexity index is 404. The standard InChI is InChI=1S/C11H8OS/c12-8-9-3-1-4-10(7-9)11-5-2-6-13-11/h1-8H. The summed E-state index contributed by atoms with van der Waals surface area (Å²) in [5.74, 6) is 0. The Kier molecular flexibility index (Phi) is 2.23. The molecule has 0 aliphatic rings.